The fraction of sp³-hybridized carbons (Fsp3) is 0. The predicted molar refractivity (Wildman–Crippen MR) is 140 cm³/mol. The van der Waals surface area contributed by atoms with E-state index in [4.69, 9.17) is 4.98 Å². The van der Waals surface area contributed by atoms with Crippen LogP contribution in [0.1, 0.15) is 0 Å². The first kappa shape index (κ1) is 18.9. The first-order valence-electron chi connectivity index (χ1n) is 11.5. The third kappa shape index (κ3) is 2.81. The molecule has 3 heteroatoms. The van der Waals surface area contributed by atoms with Crippen molar-refractivity contribution in [2.45, 2.75) is 0 Å². The lowest BCUT2D eigenvalue weighted by atomic mass is 10.0. The number of benzene rings is 5. The summed E-state index contributed by atoms with van der Waals surface area (Å²) in [5.41, 5.74) is 10.2. The lowest BCUT2D eigenvalue weighted by Gasteiger charge is -2.33. The fourth-order valence-electron chi connectivity index (χ4n) is 4.99. The lowest BCUT2D eigenvalue weighted by Crippen LogP contribution is -2.18. The Balaban J connectivity index is 1.46. The normalized spacial score (nSPS) is 12.1. The van der Waals surface area contributed by atoms with Crippen molar-refractivity contribution in [2.75, 3.05) is 4.90 Å². The van der Waals surface area contributed by atoms with Gasteiger partial charge in [-0.3, -0.25) is 4.57 Å². The van der Waals surface area contributed by atoms with Gasteiger partial charge in [0.1, 0.15) is 5.82 Å². The molecular formula is C31H21N3. The maximum Gasteiger partial charge on any atom is 0.145 e. The van der Waals surface area contributed by atoms with E-state index < -0.39 is 0 Å². The van der Waals surface area contributed by atoms with Crippen LogP contribution in [0.3, 0.4) is 0 Å². The quantitative estimate of drug-likeness (QED) is 0.279. The monoisotopic (exact) mass is 435 g/mol. The summed E-state index contributed by atoms with van der Waals surface area (Å²) >= 11 is 0. The second kappa shape index (κ2) is 7.46. The molecule has 6 aromatic rings. The molecule has 5 aromatic carbocycles. The number of anilines is 3. The fourth-order valence-corrected chi connectivity index (χ4v) is 4.99. The van der Waals surface area contributed by atoms with Gasteiger partial charge in [-0.05, 0) is 47.5 Å². The molecule has 1 aliphatic rings. The maximum atomic E-state index is 5.07. The molecule has 160 valence electrons. The number of imidazole rings is 1. The van der Waals surface area contributed by atoms with Crippen LogP contribution in [-0.2, 0) is 0 Å². The molecule has 0 N–H and O–H groups in total. The molecular weight excluding hydrogens is 414 g/mol. The molecule has 2 heterocycles. The van der Waals surface area contributed by atoms with E-state index in [2.05, 4.69) is 131 Å². The van der Waals surface area contributed by atoms with Gasteiger partial charge in [0.2, 0.25) is 0 Å². The van der Waals surface area contributed by atoms with Gasteiger partial charge in [-0.1, -0.05) is 91.0 Å². The number of hydrogen-bond acceptors (Lipinski definition) is 2. The van der Waals surface area contributed by atoms with E-state index in [0.29, 0.717) is 0 Å². The van der Waals surface area contributed by atoms with Crippen LogP contribution in [0.25, 0.3) is 39.2 Å². The van der Waals surface area contributed by atoms with Gasteiger partial charge in [-0.2, -0.15) is 0 Å². The molecule has 0 fully saturated rings. The van der Waals surface area contributed by atoms with Crippen LogP contribution < -0.4 is 4.90 Å². The molecule has 0 radical (unpaired) electrons. The van der Waals surface area contributed by atoms with Crippen molar-refractivity contribution in [3.63, 3.8) is 0 Å². The number of para-hydroxylation sites is 3. The molecule has 34 heavy (non-hydrogen) atoms. The smallest absolute Gasteiger partial charge is 0.145 e. The van der Waals surface area contributed by atoms with Crippen LogP contribution in [0.2, 0.25) is 0 Å². The minimum absolute atomic E-state index is 0.967. The molecule has 0 saturated heterocycles. The standard InChI is InChI=1S/C31H21N3/c1-3-10-22(11-4-1)23-18-20-25(21-19-23)33-27-15-7-8-16-28(27)34-30-26(14-9-17-29(30)33)32-31(34)24-12-5-2-6-13-24/h1-21H. The summed E-state index contributed by atoms with van der Waals surface area (Å²) in [5, 5.41) is 0. The Kier molecular flexibility index (Phi) is 4.15. The number of nitrogens with zero attached hydrogens (tertiary/aromatic N) is 3. The van der Waals surface area contributed by atoms with Crippen molar-refractivity contribution in [3.05, 3.63) is 127 Å². The average Bonchev–Trinajstić information content (AvgIpc) is 3.31. The van der Waals surface area contributed by atoms with E-state index in [1.807, 2.05) is 6.07 Å². The van der Waals surface area contributed by atoms with E-state index in [1.54, 1.807) is 0 Å². The topological polar surface area (TPSA) is 21.1 Å². The molecule has 0 aliphatic carbocycles. The van der Waals surface area contributed by atoms with E-state index in [1.165, 1.54) is 11.1 Å². The summed E-state index contributed by atoms with van der Waals surface area (Å²) in [7, 11) is 0. The summed E-state index contributed by atoms with van der Waals surface area (Å²) in [6.45, 7) is 0. The van der Waals surface area contributed by atoms with E-state index >= 15 is 0 Å². The summed E-state index contributed by atoms with van der Waals surface area (Å²) in [6, 6.07) is 44.7. The van der Waals surface area contributed by atoms with Crippen molar-refractivity contribution in [2.24, 2.45) is 0 Å². The molecule has 1 aliphatic heterocycles. The van der Waals surface area contributed by atoms with Gasteiger partial charge in [0.25, 0.3) is 0 Å². The van der Waals surface area contributed by atoms with Gasteiger partial charge < -0.3 is 4.90 Å². The van der Waals surface area contributed by atoms with E-state index in [0.717, 1.165) is 45.2 Å². The Morgan fingerprint density at radius 2 is 1.03 bits per heavy atom. The Morgan fingerprint density at radius 1 is 0.441 bits per heavy atom. The Labute approximate surface area is 198 Å². The van der Waals surface area contributed by atoms with Gasteiger partial charge in [-0.25, -0.2) is 4.98 Å². The summed E-state index contributed by atoms with van der Waals surface area (Å²) in [6.07, 6.45) is 0. The van der Waals surface area contributed by atoms with Gasteiger partial charge in [0.05, 0.1) is 28.1 Å². The highest BCUT2D eigenvalue weighted by Gasteiger charge is 2.29. The van der Waals surface area contributed by atoms with Crippen LogP contribution >= 0.6 is 0 Å². The summed E-state index contributed by atoms with van der Waals surface area (Å²) in [4.78, 5) is 7.42. The zero-order valence-corrected chi connectivity index (χ0v) is 18.5. The van der Waals surface area contributed by atoms with Crippen molar-refractivity contribution < 1.29 is 0 Å². The minimum Gasteiger partial charge on any atom is -0.306 e. The second-order valence-corrected chi connectivity index (χ2v) is 8.52. The predicted octanol–water partition coefficient (Wildman–Crippen LogP) is 8.14. The molecule has 1 aromatic heterocycles. The second-order valence-electron chi connectivity index (χ2n) is 8.52. The van der Waals surface area contributed by atoms with Gasteiger partial charge in [-0.15, -0.1) is 0 Å². The van der Waals surface area contributed by atoms with Crippen molar-refractivity contribution in [3.8, 4) is 28.2 Å². The third-order valence-corrected chi connectivity index (χ3v) is 6.52. The maximum absolute atomic E-state index is 5.07. The van der Waals surface area contributed by atoms with E-state index in [-0.39, 0.29) is 0 Å². The molecule has 3 nitrogen and oxygen atoms in total. The largest absolute Gasteiger partial charge is 0.306 e. The average molecular weight is 436 g/mol. The molecule has 0 bridgehead atoms. The molecule has 7 rings (SSSR count). The van der Waals surface area contributed by atoms with Gasteiger partial charge in [0.15, 0.2) is 0 Å². The number of fused-ring (bicyclic) bond motifs is 2. The summed E-state index contributed by atoms with van der Waals surface area (Å²) < 4.78 is 2.31. The SMILES string of the molecule is c1ccc(-c2ccc(N3c4ccccc4-n4c(-c5ccccc5)nc5cccc3c54)cc2)cc1. The molecule has 0 spiro atoms. The van der Waals surface area contributed by atoms with Gasteiger partial charge >= 0.3 is 0 Å². The van der Waals surface area contributed by atoms with Crippen molar-refractivity contribution in [1.29, 1.82) is 0 Å². The van der Waals surface area contributed by atoms with Crippen molar-refractivity contribution >= 4 is 28.1 Å². The van der Waals surface area contributed by atoms with Crippen LogP contribution in [0.5, 0.6) is 0 Å². The van der Waals surface area contributed by atoms with Crippen LogP contribution in [-0.4, -0.2) is 9.55 Å². The zero-order chi connectivity index (χ0) is 22.5. The molecule has 0 amide bonds. The first-order chi connectivity index (χ1) is 16.9. The highest BCUT2D eigenvalue weighted by molar-refractivity contribution is 6.03. The number of hydrogen-bond donors (Lipinski definition) is 0. The van der Waals surface area contributed by atoms with Gasteiger partial charge in [0, 0.05) is 11.3 Å². The molecule has 0 unspecified atom stereocenters. The van der Waals surface area contributed by atoms with Crippen molar-refractivity contribution in [1.82, 2.24) is 9.55 Å². The lowest BCUT2D eigenvalue weighted by molar-refractivity contribution is 1.06. The molecule has 0 saturated carbocycles. The van der Waals surface area contributed by atoms with Crippen LogP contribution in [0.15, 0.2) is 127 Å². The van der Waals surface area contributed by atoms with E-state index in [9.17, 15) is 0 Å². The summed E-state index contributed by atoms with van der Waals surface area (Å²) in [5.74, 6) is 0.967. The Bertz CT molecular complexity index is 1630. The number of aromatic nitrogens is 2. The highest BCUT2D eigenvalue weighted by Crippen LogP contribution is 2.48. The van der Waals surface area contributed by atoms with Crippen LogP contribution in [0, 0.1) is 0 Å². The highest BCUT2D eigenvalue weighted by atomic mass is 15.2. The minimum atomic E-state index is 0.967. The van der Waals surface area contributed by atoms with Crippen LogP contribution in [0.4, 0.5) is 17.1 Å². The Hall–Kier alpha value is -4.63. The first-order valence-corrected chi connectivity index (χ1v) is 11.5. The number of rotatable bonds is 3. The third-order valence-electron chi connectivity index (χ3n) is 6.52. The zero-order valence-electron chi connectivity index (χ0n) is 18.5. The Morgan fingerprint density at radius 3 is 1.76 bits per heavy atom. The molecule has 0 atom stereocenters.